The zero-order valence-corrected chi connectivity index (χ0v) is 38.1. The standard InChI is InChI=1S/C33H48N7O20P3S/c1-33(2,28(44)31(45)36-9-8-22(41)35-10-11-64-23(42)7-6-18-12-19(53-3)26(55-5)20(13-18)54-4)15-57-63(51,52)60-62(49,50)56-14-21-27(59-61(46,47)48)25(43)32(58-21)40-17-39-24-29(34)37-16-38-30(24)40/h6-7,12-13,16-17,21,25,27-28,32,43-44H,8-11,14-15H2,1-5H3,(H,35,41)(H,36,45)(H,49,50)(H,51,52)(H2,34,37,38)(H2,46,47,48)/t21-,25-,27-,28+,32-/m1/s1. The highest BCUT2D eigenvalue weighted by Gasteiger charge is 2.50. The normalized spacial score (nSPS) is 20.4. The SMILES string of the molecule is COc1cc(C=CC(=O)SCCNC(=O)CCNC(=O)[C@H](O)C(C)(C)COP(=O)(O)OP(=O)(O)OC[C@H]2O[C@@H](n3cnc4c(N)ncnc43)[C@H](O)[C@@H]2OP(=O)(O)O)cc(OC)c1OC. The number of thioether (sulfide) groups is 1. The Kier molecular flexibility index (Phi) is 18.4. The molecule has 0 bridgehead atoms. The van der Waals surface area contributed by atoms with Gasteiger partial charge in [-0.1, -0.05) is 31.7 Å². The summed E-state index contributed by atoms with van der Waals surface area (Å²) in [5.74, 6) is -0.0936. The zero-order chi connectivity index (χ0) is 47.6. The van der Waals surface area contributed by atoms with Crippen molar-refractivity contribution in [3.05, 3.63) is 36.4 Å². The van der Waals surface area contributed by atoms with Gasteiger partial charge in [-0.15, -0.1) is 0 Å². The van der Waals surface area contributed by atoms with Crippen molar-refractivity contribution in [1.82, 2.24) is 30.2 Å². The number of ether oxygens (including phenoxy) is 4. The number of phosphoric acid groups is 3. The molecule has 0 radical (unpaired) electrons. The molecule has 356 valence electrons. The third-order valence-corrected chi connectivity index (χ3v) is 12.8. The fraction of sp³-hybridized carbons (Fsp3) is 0.515. The van der Waals surface area contributed by atoms with Crippen molar-refractivity contribution in [2.45, 2.75) is 50.9 Å². The third kappa shape index (κ3) is 14.7. The lowest BCUT2D eigenvalue weighted by molar-refractivity contribution is -0.137. The Balaban J connectivity index is 1.19. The van der Waals surface area contributed by atoms with E-state index in [1.165, 1.54) is 41.3 Å². The molecule has 1 aromatic carbocycles. The highest BCUT2D eigenvalue weighted by molar-refractivity contribution is 8.14. The number of methoxy groups -OCH3 is 3. The van der Waals surface area contributed by atoms with Crippen molar-refractivity contribution >= 4 is 75.2 Å². The number of anilines is 1. The molecule has 1 aliphatic rings. The number of imidazole rings is 1. The van der Waals surface area contributed by atoms with Crippen LogP contribution in [0.2, 0.25) is 0 Å². The van der Waals surface area contributed by atoms with Gasteiger partial charge in [0, 0.05) is 30.7 Å². The number of benzene rings is 1. The number of fused-ring (bicyclic) bond motifs is 1. The van der Waals surface area contributed by atoms with Crippen LogP contribution in [0.25, 0.3) is 17.2 Å². The molecular formula is C33H48N7O20P3S. The number of aliphatic hydroxyl groups is 2. The Morgan fingerprint density at radius 3 is 2.27 bits per heavy atom. The first-order chi connectivity index (χ1) is 29.9. The van der Waals surface area contributed by atoms with E-state index in [4.69, 9.17) is 33.7 Å². The molecule has 2 amide bonds. The summed E-state index contributed by atoms with van der Waals surface area (Å²) in [5.41, 5.74) is 4.84. The quantitative estimate of drug-likeness (QED) is 0.0333. The van der Waals surface area contributed by atoms with E-state index in [2.05, 4.69) is 34.4 Å². The van der Waals surface area contributed by atoms with Gasteiger partial charge in [0.15, 0.2) is 29.2 Å². The number of nitrogens with one attached hydrogen (secondary N) is 2. The summed E-state index contributed by atoms with van der Waals surface area (Å²) in [4.78, 5) is 88.4. The van der Waals surface area contributed by atoms with Gasteiger partial charge in [0.1, 0.15) is 36.3 Å². The molecule has 1 saturated heterocycles. The molecule has 1 fully saturated rings. The minimum absolute atomic E-state index is 0.0226. The number of nitrogen functional groups attached to an aromatic ring is 1. The minimum atomic E-state index is -5.59. The first-order valence-electron chi connectivity index (χ1n) is 18.4. The Labute approximate surface area is 368 Å². The molecule has 10 N–H and O–H groups in total. The molecule has 2 unspecified atom stereocenters. The summed E-state index contributed by atoms with van der Waals surface area (Å²) in [6, 6.07) is 3.32. The van der Waals surface area contributed by atoms with Crippen LogP contribution in [0.3, 0.4) is 0 Å². The van der Waals surface area contributed by atoms with Gasteiger partial charge in [-0.3, -0.25) is 32.5 Å². The van der Waals surface area contributed by atoms with Gasteiger partial charge in [-0.25, -0.2) is 28.6 Å². The van der Waals surface area contributed by atoms with Crippen molar-refractivity contribution in [1.29, 1.82) is 0 Å². The Morgan fingerprint density at radius 1 is 0.984 bits per heavy atom. The smallest absolute Gasteiger partial charge is 0.481 e. The fourth-order valence-corrected chi connectivity index (χ4v) is 9.09. The van der Waals surface area contributed by atoms with Gasteiger partial charge in [-0.2, -0.15) is 4.31 Å². The molecule has 3 heterocycles. The second-order valence-electron chi connectivity index (χ2n) is 14.0. The second-order valence-corrected chi connectivity index (χ2v) is 19.4. The Morgan fingerprint density at radius 2 is 1.64 bits per heavy atom. The van der Waals surface area contributed by atoms with Crippen LogP contribution in [0.15, 0.2) is 30.9 Å². The average Bonchev–Trinajstić information content (AvgIpc) is 3.79. The summed E-state index contributed by atoms with van der Waals surface area (Å²) >= 11 is 0.943. The van der Waals surface area contributed by atoms with Gasteiger partial charge in [0.05, 0.1) is 40.9 Å². The predicted molar refractivity (Wildman–Crippen MR) is 222 cm³/mol. The number of carbonyl (C=O) groups excluding carboxylic acids is 3. The fourth-order valence-electron chi connectivity index (χ4n) is 5.69. The van der Waals surface area contributed by atoms with E-state index in [9.17, 15) is 57.9 Å². The highest BCUT2D eigenvalue weighted by Crippen LogP contribution is 2.61. The summed E-state index contributed by atoms with van der Waals surface area (Å²) in [6.07, 6.45) is -4.15. The number of carbonyl (C=O) groups is 3. The molecule has 0 saturated carbocycles. The van der Waals surface area contributed by atoms with Crippen molar-refractivity contribution in [2.24, 2.45) is 5.41 Å². The van der Waals surface area contributed by atoms with Crippen LogP contribution < -0.4 is 30.6 Å². The lowest BCUT2D eigenvalue weighted by atomic mass is 9.87. The molecule has 64 heavy (non-hydrogen) atoms. The predicted octanol–water partition coefficient (Wildman–Crippen LogP) is 0.404. The monoisotopic (exact) mass is 987 g/mol. The van der Waals surface area contributed by atoms with Crippen LogP contribution in [0.4, 0.5) is 5.82 Å². The average molecular weight is 988 g/mol. The van der Waals surface area contributed by atoms with Crippen LogP contribution in [0.1, 0.15) is 32.1 Å². The van der Waals surface area contributed by atoms with E-state index in [0.29, 0.717) is 22.8 Å². The van der Waals surface area contributed by atoms with Gasteiger partial charge in [-0.05, 0) is 23.8 Å². The van der Waals surface area contributed by atoms with Crippen LogP contribution >= 0.6 is 35.2 Å². The number of rotatable bonds is 24. The summed E-state index contributed by atoms with van der Waals surface area (Å²) in [6.45, 7) is 0.300. The lowest BCUT2D eigenvalue weighted by Gasteiger charge is -2.30. The van der Waals surface area contributed by atoms with E-state index >= 15 is 0 Å². The van der Waals surface area contributed by atoms with E-state index in [-0.39, 0.29) is 47.4 Å². The largest absolute Gasteiger partial charge is 0.493 e. The summed E-state index contributed by atoms with van der Waals surface area (Å²) in [7, 11) is -12.1. The lowest BCUT2D eigenvalue weighted by Crippen LogP contribution is -2.46. The second kappa shape index (κ2) is 22.4. The number of aliphatic hydroxyl groups excluding tert-OH is 2. The first-order valence-corrected chi connectivity index (χ1v) is 23.9. The highest BCUT2D eigenvalue weighted by atomic mass is 32.2. The van der Waals surface area contributed by atoms with Gasteiger partial charge < -0.3 is 65.1 Å². The third-order valence-electron chi connectivity index (χ3n) is 8.85. The van der Waals surface area contributed by atoms with Crippen LogP contribution in [0.5, 0.6) is 17.2 Å². The summed E-state index contributed by atoms with van der Waals surface area (Å²) < 4.78 is 78.2. The van der Waals surface area contributed by atoms with Crippen molar-refractivity contribution in [2.75, 3.05) is 59.1 Å². The maximum absolute atomic E-state index is 12.7. The topological polar surface area (TPSA) is 391 Å². The number of amides is 2. The molecule has 7 atom stereocenters. The zero-order valence-electron chi connectivity index (χ0n) is 34.6. The van der Waals surface area contributed by atoms with Crippen LogP contribution in [-0.2, 0) is 50.7 Å². The number of phosphoric ester groups is 3. The summed E-state index contributed by atoms with van der Waals surface area (Å²) in [5, 5.41) is 26.2. The van der Waals surface area contributed by atoms with E-state index in [1.807, 2.05) is 0 Å². The van der Waals surface area contributed by atoms with Crippen LogP contribution in [-0.4, -0.2) is 144 Å². The number of hydrogen-bond acceptors (Lipinski definition) is 21. The van der Waals surface area contributed by atoms with Crippen LogP contribution in [0, 0.1) is 5.41 Å². The number of aromatic nitrogens is 4. The molecule has 2 aromatic heterocycles. The molecule has 1 aliphatic heterocycles. The first kappa shape index (κ1) is 52.5. The Bertz CT molecular complexity index is 2290. The van der Waals surface area contributed by atoms with Crippen molar-refractivity contribution in [3.8, 4) is 17.2 Å². The maximum atomic E-state index is 12.7. The van der Waals surface area contributed by atoms with Crippen molar-refractivity contribution in [3.63, 3.8) is 0 Å². The van der Waals surface area contributed by atoms with E-state index in [0.717, 1.165) is 29.0 Å². The molecule has 0 spiro atoms. The van der Waals surface area contributed by atoms with E-state index < -0.39 is 84.6 Å². The van der Waals surface area contributed by atoms with Gasteiger partial charge in [0.2, 0.25) is 22.7 Å². The van der Waals surface area contributed by atoms with E-state index in [1.54, 1.807) is 18.2 Å². The molecule has 3 aromatic rings. The molecule has 31 heteroatoms. The molecular weight excluding hydrogens is 939 g/mol. The number of hydrogen-bond donors (Lipinski definition) is 9. The Hall–Kier alpha value is -4.08. The number of nitrogens with two attached hydrogens (primary N) is 1. The number of nitrogens with zero attached hydrogens (tertiary/aromatic N) is 4. The van der Waals surface area contributed by atoms with Gasteiger partial charge in [0.25, 0.3) is 0 Å². The minimum Gasteiger partial charge on any atom is -0.493 e. The van der Waals surface area contributed by atoms with Gasteiger partial charge >= 0.3 is 23.5 Å². The molecule has 4 rings (SSSR count). The van der Waals surface area contributed by atoms with Crippen molar-refractivity contribution < 1.29 is 94.7 Å². The molecule has 0 aliphatic carbocycles. The maximum Gasteiger partial charge on any atom is 0.481 e. The molecule has 27 nitrogen and oxygen atoms in total.